The predicted molar refractivity (Wildman–Crippen MR) is 62.1 cm³/mol. The molecule has 0 aromatic heterocycles. The van der Waals surface area contributed by atoms with Gasteiger partial charge in [-0.05, 0) is 33.1 Å². The number of hydrogen-bond donors (Lipinski definition) is 1. The lowest BCUT2D eigenvalue weighted by Crippen LogP contribution is -2.54. The molecule has 0 spiro atoms. The van der Waals surface area contributed by atoms with Gasteiger partial charge in [0.25, 0.3) is 0 Å². The first kappa shape index (κ1) is 11.4. The zero-order valence-electron chi connectivity index (χ0n) is 10.0. The lowest BCUT2D eigenvalue weighted by Gasteiger charge is -2.36. The zero-order chi connectivity index (χ0) is 10.7. The lowest BCUT2D eigenvalue weighted by atomic mass is 10.1. The Morgan fingerprint density at radius 2 is 2.00 bits per heavy atom. The van der Waals surface area contributed by atoms with E-state index in [2.05, 4.69) is 24.1 Å². The second-order valence-corrected chi connectivity index (χ2v) is 5.15. The van der Waals surface area contributed by atoms with Crippen LogP contribution in [0.4, 0.5) is 0 Å². The molecule has 3 heteroatoms. The van der Waals surface area contributed by atoms with Crippen LogP contribution in [0.25, 0.3) is 0 Å². The van der Waals surface area contributed by atoms with Gasteiger partial charge < -0.3 is 15.0 Å². The average Bonchev–Trinajstić information content (AvgIpc) is 2.65. The molecule has 2 rings (SSSR count). The Balaban J connectivity index is 1.69. The molecule has 88 valence electrons. The molecule has 0 saturated carbocycles. The van der Waals surface area contributed by atoms with Crippen LogP contribution in [0.5, 0.6) is 0 Å². The predicted octanol–water partition coefficient (Wildman–Crippen LogP) is 1.24. The van der Waals surface area contributed by atoms with Gasteiger partial charge in [-0.15, -0.1) is 0 Å². The molecule has 3 nitrogen and oxygen atoms in total. The standard InChI is InChI=1S/C12H24N2O/c1-10-8-14(9-11(2)13-10)6-5-12-4-3-7-15-12/h10-13H,3-9H2,1-2H3. The minimum atomic E-state index is 0.547. The molecule has 0 radical (unpaired) electrons. The van der Waals surface area contributed by atoms with Crippen LogP contribution < -0.4 is 5.32 Å². The summed E-state index contributed by atoms with van der Waals surface area (Å²) in [5.74, 6) is 0. The van der Waals surface area contributed by atoms with E-state index >= 15 is 0 Å². The molecule has 2 heterocycles. The van der Waals surface area contributed by atoms with E-state index in [-0.39, 0.29) is 0 Å². The fraction of sp³-hybridized carbons (Fsp3) is 1.00. The second-order valence-electron chi connectivity index (χ2n) is 5.15. The van der Waals surface area contributed by atoms with Crippen molar-refractivity contribution in [1.82, 2.24) is 10.2 Å². The smallest absolute Gasteiger partial charge is 0.0588 e. The van der Waals surface area contributed by atoms with E-state index in [4.69, 9.17) is 4.74 Å². The second kappa shape index (κ2) is 5.28. The van der Waals surface area contributed by atoms with Crippen LogP contribution in [0.15, 0.2) is 0 Å². The number of ether oxygens (including phenoxy) is 1. The number of hydrogen-bond acceptors (Lipinski definition) is 3. The number of piperazine rings is 1. The quantitative estimate of drug-likeness (QED) is 0.762. The fourth-order valence-electron chi connectivity index (χ4n) is 2.82. The van der Waals surface area contributed by atoms with Gasteiger partial charge in [-0.2, -0.15) is 0 Å². The van der Waals surface area contributed by atoms with Crippen molar-refractivity contribution in [3.8, 4) is 0 Å². The minimum Gasteiger partial charge on any atom is -0.378 e. The summed E-state index contributed by atoms with van der Waals surface area (Å²) < 4.78 is 5.66. The van der Waals surface area contributed by atoms with E-state index < -0.39 is 0 Å². The lowest BCUT2D eigenvalue weighted by molar-refractivity contribution is 0.0832. The molecular formula is C12H24N2O. The summed E-state index contributed by atoms with van der Waals surface area (Å²) in [5.41, 5.74) is 0. The van der Waals surface area contributed by atoms with Crippen molar-refractivity contribution < 1.29 is 4.74 Å². The van der Waals surface area contributed by atoms with Crippen molar-refractivity contribution in [2.45, 2.75) is 51.3 Å². The van der Waals surface area contributed by atoms with Gasteiger partial charge in [0.05, 0.1) is 6.10 Å². The highest BCUT2D eigenvalue weighted by molar-refractivity contribution is 4.81. The number of nitrogens with one attached hydrogen (secondary N) is 1. The Kier molecular flexibility index (Phi) is 4.00. The third-order valence-electron chi connectivity index (χ3n) is 3.42. The van der Waals surface area contributed by atoms with Crippen LogP contribution >= 0.6 is 0 Å². The van der Waals surface area contributed by atoms with Crippen LogP contribution in [0.2, 0.25) is 0 Å². The molecule has 15 heavy (non-hydrogen) atoms. The third kappa shape index (κ3) is 3.44. The Morgan fingerprint density at radius 3 is 2.60 bits per heavy atom. The van der Waals surface area contributed by atoms with Gasteiger partial charge >= 0.3 is 0 Å². The maximum atomic E-state index is 5.66. The average molecular weight is 212 g/mol. The first-order chi connectivity index (χ1) is 7.24. The van der Waals surface area contributed by atoms with Gasteiger partial charge in [-0.3, -0.25) is 0 Å². The Morgan fingerprint density at radius 1 is 1.27 bits per heavy atom. The van der Waals surface area contributed by atoms with Crippen LogP contribution in [-0.4, -0.2) is 49.3 Å². The van der Waals surface area contributed by atoms with Gasteiger partial charge in [0.15, 0.2) is 0 Å². The van der Waals surface area contributed by atoms with Crippen LogP contribution in [-0.2, 0) is 4.74 Å². The van der Waals surface area contributed by atoms with Crippen molar-refractivity contribution in [2.24, 2.45) is 0 Å². The molecule has 0 bridgehead atoms. The SMILES string of the molecule is CC1CN(CCC2CCCO2)CC(C)N1. The molecule has 3 atom stereocenters. The van der Waals surface area contributed by atoms with Gasteiger partial charge in [0, 0.05) is 38.3 Å². The topological polar surface area (TPSA) is 24.5 Å². The van der Waals surface area contributed by atoms with Crippen LogP contribution in [0.1, 0.15) is 33.1 Å². The first-order valence-corrected chi connectivity index (χ1v) is 6.34. The van der Waals surface area contributed by atoms with Crippen molar-refractivity contribution in [3.05, 3.63) is 0 Å². The summed E-state index contributed by atoms with van der Waals surface area (Å²) in [6.07, 6.45) is 4.31. The summed E-state index contributed by atoms with van der Waals surface area (Å²) in [7, 11) is 0. The number of rotatable bonds is 3. The fourth-order valence-corrected chi connectivity index (χ4v) is 2.82. The maximum Gasteiger partial charge on any atom is 0.0588 e. The molecule has 2 fully saturated rings. The molecule has 2 saturated heterocycles. The molecule has 2 aliphatic heterocycles. The molecular weight excluding hydrogens is 188 g/mol. The molecule has 2 aliphatic rings. The van der Waals surface area contributed by atoms with E-state index in [1.165, 1.54) is 38.9 Å². The highest BCUT2D eigenvalue weighted by atomic mass is 16.5. The normalized spacial score (nSPS) is 38.4. The van der Waals surface area contributed by atoms with Gasteiger partial charge in [-0.1, -0.05) is 0 Å². The van der Waals surface area contributed by atoms with E-state index in [0.717, 1.165) is 6.61 Å². The minimum absolute atomic E-state index is 0.547. The Bertz CT molecular complexity index is 182. The largest absolute Gasteiger partial charge is 0.378 e. The monoisotopic (exact) mass is 212 g/mol. The van der Waals surface area contributed by atoms with Gasteiger partial charge in [-0.25, -0.2) is 0 Å². The van der Waals surface area contributed by atoms with Crippen LogP contribution in [0.3, 0.4) is 0 Å². The molecule has 0 amide bonds. The van der Waals surface area contributed by atoms with Crippen molar-refractivity contribution >= 4 is 0 Å². The third-order valence-corrected chi connectivity index (χ3v) is 3.42. The van der Waals surface area contributed by atoms with E-state index in [1.807, 2.05) is 0 Å². The Labute approximate surface area is 93.2 Å². The van der Waals surface area contributed by atoms with Crippen LogP contribution in [0, 0.1) is 0 Å². The molecule has 0 aliphatic carbocycles. The summed E-state index contributed by atoms with van der Waals surface area (Å²) in [4.78, 5) is 2.58. The summed E-state index contributed by atoms with van der Waals surface area (Å²) in [5, 5.41) is 3.56. The number of nitrogens with zero attached hydrogens (tertiary/aromatic N) is 1. The van der Waals surface area contributed by atoms with E-state index in [1.54, 1.807) is 0 Å². The highest BCUT2D eigenvalue weighted by Crippen LogP contribution is 2.16. The molecule has 1 N–H and O–H groups in total. The van der Waals surface area contributed by atoms with Crippen molar-refractivity contribution in [2.75, 3.05) is 26.2 Å². The van der Waals surface area contributed by atoms with E-state index in [9.17, 15) is 0 Å². The van der Waals surface area contributed by atoms with Gasteiger partial charge in [0.2, 0.25) is 0 Å². The maximum absolute atomic E-state index is 5.66. The molecule has 0 aromatic rings. The van der Waals surface area contributed by atoms with Crippen molar-refractivity contribution in [1.29, 1.82) is 0 Å². The Hall–Kier alpha value is -0.120. The summed E-state index contributed by atoms with van der Waals surface area (Å²) in [6.45, 7) is 9.12. The zero-order valence-corrected chi connectivity index (χ0v) is 10.0. The summed E-state index contributed by atoms with van der Waals surface area (Å²) in [6, 6.07) is 1.27. The first-order valence-electron chi connectivity index (χ1n) is 6.34. The van der Waals surface area contributed by atoms with E-state index in [0.29, 0.717) is 18.2 Å². The highest BCUT2D eigenvalue weighted by Gasteiger charge is 2.22. The molecule has 3 unspecified atom stereocenters. The summed E-state index contributed by atoms with van der Waals surface area (Å²) >= 11 is 0. The van der Waals surface area contributed by atoms with Gasteiger partial charge in [0.1, 0.15) is 0 Å². The molecule has 0 aromatic carbocycles. The van der Waals surface area contributed by atoms with Crippen molar-refractivity contribution in [3.63, 3.8) is 0 Å².